The first kappa shape index (κ1) is 22.1. The molecule has 6 saturated heterocycles. The molecule has 6 aliphatic rings. The summed E-state index contributed by atoms with van der Waals surface area (Å²) < 4.78 is 59.8. The van der Waals surface area contributed by atoms with Crippen molar-refractivity contribution in [1.29, 1.82) is 0 Å². The van der Waals surface area contributed by atoms with Crippen molar-refractivity contribution in [3.05, 3.63) is 0 Å². The van der Waals surface area contributed by atoms with Gasteiger partial charge >= 0.3 is 0 Å². The van der Waals surface area contributed by atoms with Gasteiger partial charge in [-0.25, -0.2) is 0 Å². The van der Waals surface area contributed by atoms with Crippen LogP contribution in [0.2, 0.25) is 0 Å². The molecule has 4 bridgehead atoms. The van der Waals surface area contributed by atoms with Crippen LogP contribution in [0.15, 0.2) is 0 Å². The number of rotatable bonds is 6. The Morgan fingerprint density at radius 3 is 1.56 bits per heavy atom. The lowest BCUT2D eigenvalue weighted by atomic mass is 10.0. The van der Waals surface area contributed by atoms with Gasteiger partial charge in [-0.3, -0.25) is 0 Å². The molecule has 11 heteroatoms. The van der Waals surface area contributed by atoms with Crippen LogP contribution in [0.3, 0.4) is 0 Å². The average molecular weight is 459 g/mol. The number of hydrogen-bond donors (Lipinski definition) is 1. The summed E-state index contributed by atoms with van der Waals surface area (Å²) in [6, 6.07) is -0.363. The predicted molar refractivity (Wildman–Crippen MR) is 104 cm³/mol. The maximum Gasteiger partial charge on any atom is 0.187 e. The molecule has 6 heterocycles. The van der Waals surface area contributed by atoms with E-state index in [1.54, 1.807) is 0 Å². The lowest BCUT2D eigenvalue weighted by Crippen LogP contribution is -2.55. The van der Waals surface area contributed by atoms with E-state index in [-0.39, 0.29) is 68.1 Å². The minimum Gasteiger partial charge on any atom is -0.371 e. The van der Waals surface area contributed by atoms with Gasteiger partial charge in [-0.2, -0.15) is 0 Å². The highest BCUT2D eigenvalue weighted by molar-refractivity contribution is 5.01. The fraction of sp³-hybridized carbons (Fsp3) is 1.00. The second-order valence-corrected chi connectivity index (χ2v) is 10.2. The highest BCUT2D eigenvalue weighted by Crippen LogP contribution is 2.43. The molecule has 0 saturated carbocycles. The zero-order valence-electron chi connectivity index (χ0n) is 18.8. The van der Waals surface area contributed by atoms with Crippen LogP contribution in [0.4, 0.5) is 0 Å². The van der Waals surface area contributed by atoms with Gasteiger partial charge in [0.2, 0.25) is 0 Å². The van der Waals surface area contributed by atoms with Crippen molar-refractivity contribution in [2.45, 2.75) is 107 Å². The molecule has 2 N–H and O–H groups in total. The third kappa shape index (κ3) is 3.81. The van der Waals surface area contributed by atoms with Crippen molar-refractivity contribution in [3.63, 3.8) is 0 Å². The van der Waals surface area contributed by atoms with Crippen molar-refractivity contribution in [2.75, 3.05) is 26.4 Å². The Morgan fingerprint density at radius 2 is 1.12 bits per heavy atom. The summed E-state index contributed by atoms with van der Waals surface area (Å²) in [6.45, 7) is 8.95. The van der Waals surface area contributed by atoms with E-state index in [4.69, 9.17) is 53.1 Å². The normalized spacial score (nSPS) is 50.1. The maximum absolute atomic E-state index is 6.35. The molecule has 0 aliphatic carbocycles. The van der Waals surface area contributed by atoms with E-state index >= 15 is 0 Å². The van der Waals surface area contributed by atoms with Crippen LogP contribution in [0.1, 0.15) is 27.7 Å². The van der Waals surface area contributed by atoms with Crippen molar-refractivity contribution in [2.24, 2.45) is 5.73 Å². The molecule has 6 aliphatic heterocycles. The summed E-state index contributed by atoms with van der Waals surface area (Å²) in [5.41, 5.74) is 6.35. The second kappa shape index (κ2) is 7.79. The van der Waals surface area contributed by atoms with Gasteiger partial charge in [-0.1, -0.05) is 0 Å². The summed E-state index contributed by atoms with van der Waals surface area (Å²) in [5, 5.41) is 0. The zero-order chi connectivity index (χ0) is 22.3. The fourth-order valence-corrected chi connectivity index (χ4v) is 5.48. The average Bonchev–Trinajstić information content (AvgIpc) is 3.46. The number of hydrogen-bond acceptors (Lipinski definition) is 11. The molecule has 6 fully saturated rings. The van der Waals surface area contributed by atoms with Crippen molar-refractivity contribution in [1.82, 2.24) is 0 Å². The molecule has 0 radical (unpaired) electrons. The molecule has 0 aromatic heterocycles. The van der Waals surface area contributed by atoms with Crippen LogP contribution in [0, 0.1) is 0 Å². The molecule has 0 aromatic rings. The third-order valence-corrected chi connectivity index (χ3v) is 6.72. The fourth-order valence-electron chi connectivity index (χ4n) is 5.48. The Kier molecular flexibility index (Phi) is 5.37. The summed E-state index contributed by atoms with van der Waals surface area (Å²) in [5.74, 6) is -1.43. The number of nitrogens with two attached hydrogens (primary N) is 1. The minimum atomic E-state index is -0.713. The van der Waals surface area contributed by atoms with Gasteiger partial charge in [-0.15, -0.1) is 0 Å². The van der Waals surface area contributed by atoms with E-state index in [1.807, 2.05) is 27.7 Å². The van der Waals surface area contributed by atoms with E-state index in [2.05, 4.69) is 0 Å². The minimum absolute atomic E-state index is 0.210. The van der Waals surface area contributed by atoms with E-state index < -0.39 is 24.2 Å². The van der Waals surface area contributed by atoms with Crippen LogP contribution < -0.4 is 5.73 Å². The monoisotopic (exact) mass is 459 g/mol. The lowest BCUT2D eigenvalue weighted by Gasteiger charge is -2.36. The molecule has 0 aromatic carbocycles. The molecule has 0 amide bonds. The quantitative estimate of drug-likeness (QED) is 0.561. The third-order valence-electron chi connectivity index (χ3n) is 6.72. The van der Waals surface area contributed by atoms with Gasteiger partial charge in [0, 0.05) is 0 Å². The van der Waals surface area contributed by atoms with Gasteiger partial charge in [0.25, 0.3) is 0 Å². The van der Waals surface area contributed by atoms with Gasteiger partial charge in [0.15, 0.2) is 24.2 Å². The molecule has 6 rings (SSSR count). The van der Waals surface area contributed by atoms with Gasteiger partial charge in [0.05, 0.1) is 32.5 Å². The van der Waals surface area contributed by atoms with E-state index in [9.17, 15) is 0 Å². The molecular formula is C21H33NO10. The highest BCUT2D eigenvalue weighted by atomic mass is 16.8. The van der Waals surface area contributed by atoms with Crippen LogP contribution in [0.25, 0.3) is 0 Å². The molecule has 10 atom stereocenters. The topological polar surface area (TPSA) is 118 Å². The first-order chi connectivity index (χ1) is 15.2. The van der Waals surface area contributed by atoms with Gasteiger partial charge < -0.3 is 53.1 Å². The van der Waals surface area contributed by atoms with E-state index in [1.165, 1.54) is 0 Å². The molecule has 32 heavy (non-hydrogen) atoms. The Morgan fingerprint density at radius 1 is 0.719 bits per heavy atom. The first-order valence-electron chi connectivity index (χ1n) is 11.4. The van der Waals surface area contributed by atoms with E-state index in [0.29, 0.717) is 13.2 Å². The number of ether oxygens (including phenoxy) is 10. The largest absolute Gasteiger partial charge is 0.371 e. The Labute approximate surface area is 186 Å². The van der Waals surface area contributed by atoms with Crippen LogP contribution in [-0.4, -0.2) is 105 Å². The van der Waals surface area contributed by atoms with Crippen molar-refractivity contribution >= 4 is 0 Å². The standard InChI is InChI=1S/C21H33NO10/c1-20(2)29-14-12(10-7-25-18(27-10)16(14)31-20)23-5-9(22)6-24-13-11-8-26-19(28-11)17-15(13)30-21(3,4)32-17/h9-19H,5-8,22H2,1-4H3/t10-,11-,12-,13-,14+,15+,16+,17+,18-,19-/m1/s1. The molecule has 0 unspecified atom stereocenters. The SMILES string of the molecule is CC1(C)O[C@@H]2[C@H](O1)[C@@H]1OC[C@@H](O1)[C@H]2OCC(N)CO[C@H]1[C@@H]2OC(C)(C)O[C@@H]2[C@@H]2OC[C@H]1O2. The Balaban J connectivity index is 1.05. The summed E-state index contributed by atoms with van der Waals surface area (Å²) in [6.07, 6.45) is -3.10. The second-order valence-electron chi connectivity index (χ2n) is 10.2. The van der Waals surface area contributed by atoms with Gasteiger partial charge in [-0.05, 0) is 27.7 Å². The molecule has 182 valence electrons. The van der Waals surface area contributed by atoms with Crippen LogP contribution in [0.5, 0.6) is 0 Å². The van der Waals surface area contributed by atoms with Crippen molar-refractivity contribution in [3.8, 4) is 0 Å². The molecular weight excluding hydrogens is 426 g/mol. The zero-order valence-corrected chi connectivity index (χ0v) is 18.8. The summed E-state index contributed by atoms with van der Waals surface area (Å²) in [7, 11) is 0. The predicted octanol–water partition coefficient (Wildman–Crippen LogP) is -0.365. The Hall–Kier alpha value is -0.440. The smallest absolute Gasteiger partial charge is 0.187 e. The lowest BCUT2D eigenvalue weighted by molar-refractivity contribution is -0.213. The summed E-state index contributed by atoms with van der Waals surface area (Å²) in [4.78, 5) is 0. The van der Waals surface area contributed by atoms with E-state index in [0.717, 1.165) is 0 Å². The van der Waals surface area contributed by atoms with Gasteiger partial charge in [0.1, 0.15) is 48.8 Å². The highest BCUT2D eigenvalue weighted by Gasteiger charge is 2.60. The number of fused-ring (bicyclic) bond motifs is 8. The van der Waals surface area contributed by atoms with Crippen LogP contribution >= 0.6 is 0 Å². The maximum atomic E-state index is 6.35. The van der Waals surface area contributed by atoms with Crippen LogP contribution in [-0.2, 0) is 47.4 Å². The Bertz CT molecular complexity index is 663. The first-order valence-corrected chi connectivity index (χ1v) is 11.4. The molecule has 11 nitrogen and oxygen atoms in total. The molecule has 0 spiro atoms. The summed E-state index contributed by atoms with van der Waals surface area (Å²) >= 11 is 0. The van der Waals surface area contributed by atoms with Crippen molar-refractivity contribution < 1.29 is 47.4 Å².